The van der Waals surface area contributed by atoms with Gasteiger partial charge in [-0.1, -0.05) is 33.4 Å². The molecule has 0 saturated carbocycles. The molecule has 0 amide bonds. The summed E-state index contributed by atoms with van der Waals surface area (Å²) in [5.41, 5.74) is 9.02. The van der Waals surface area contributed by atoms with Crippen molar-refractivity contribution in [3.8, 4) is 34.0 Å². The van der Waals surface area contributed by atoms with Crippen molar-refractivity contribution in [2.75, 3.05) is 5.32 Å². The summed E-state index contributed by atoms with van der Waals surface area (Å²) in [5, 5.41) is 11.0. The number of hydrogen-bond donors (Lipinski definition) is 3. The van der Waals surface area contributed by atoms with Gasteiger partial charge in [0.05, 0.1) is 40.5 Å². The van der Waals surface area contributed by atoms with Crippen LogP contribution in [0, 0.1) is 5.41 Å². The lowest BCUT2D eigenvalue weighted by Gasteiger charge is -2.20. The molecule has 0 unspecified atom stereocenters. The number of aromatic amines is 2. The Labute approximate surface area is 219 Å². The fraction of sp³-hybridized carbons (Fsp3) is 0.172. The second kappa shape index (κ2) is 9.19. The number of nitrogens with zero attached hydrogens (tertiary/aromatic N) is 6. The summed E-state index contributed by atoms with van der Waals surface area (Å²) in [4.78, 5) is 26.4. The number of imidazole rings is 1. The van der Waals surface area contributed by atoms with E-state index in [1.165, 1.54) is 0 Å². The quantitative estimate of drug-likeness (QED) is 0.242. The molecule has 6 heterocycles. The number of allylic oxidation sites excluding steroid dienone is 1. The summed E-state index contributed by atoms with van der Waals surface area (Å²) < 4.78 is 0. The van der Waals surface area contributed by atoms with Crippen molar-refractivity contribution in [3.63, 3.8) is 0 Å². The first-order valence-corrected chi connectivity index (χ1v) is 12.3. The molecule has 0 aliphatic heterocycles. The Balaban J connectivity index is 1.36. The second-order valence-corrected chi connectivity index (χ2v) is 10.5. The van der Waals surface area contributed by atoms with Crippen LogP contribution in [0.5, 0.6) is 0 Å². The predicted octanol–water partition coefficient (Wildman–Crippen LogP) is 6.38. The lowest BCUT2D eigenvalue weighted by molar-refractivity contribution is 0.411. The molecule has 0 spiro atoms. The van der Waals surface area contributed by atoms with Crippen LogP contribution in [-0.4, -0.2) is 40.1 Å². The Morgan fingerprint density at radius 1 is 0.921 bits per heavy atom. The third-order valence-electron chi connectivity index (χ3n) is 6.07. The van der Waals surface area contributed by atoms with E-state index < -0.39 is 0 Å². The van der Waals surface area contributed by atoms with E-state index in [1.54, 1.807) is 31.0 Å². The summed E-state index contributed by atoms with van der Waals surface area (Å²) in [6, 6.07) is 11.7. The van der Waals surface area contributed by atoms with E-state index in [2.05, 4.69) is 62.8 Å². The molecule has 3 N–H and O–H groups in total. The molecule has 0 aromatic carbocycles. The molecule has 0 aliphatic rings. The summed E-state index contributed by atoms with van der Waals surface area (Å²) in [7, 11) is 0. The number of rotatable bonds is 6. The van der Waals surface area contributed by atoms with Gasteiger partial charge in [-0.25, -0.2) is 9.97 Å². The maximum atomic E-state index is 4.94. The number of pyridine rings is 4. The SMILES string of the molecule is C=C(CC(C)(C)C)Nc1cncc(-c2ccc3[nH]nc(-c4nc5c(-c6ccccn6)cncc5[nH]4)c3n2)c1. The standard InChI is InChI=1S/C29H27N9/c1-17(12-29(2,3)4)33-19-11-18(13-30-14-19)21-8-9-23-26(34-21)27(38-37-23)28-35-24-16-31-15-20(25(24)36-28)22-7-5-6-10-32-22/h5-11,13-16,33H,1,12H2,2-4H3,(H,35,36)(H,37,38). The van der Waals surface area contributed by atoms with Gasteiger partial charge in [0.25, 0.3) is 0 Å². The van der Waals surface area contributed by atoms with Crippen molar-refractivity contribution >= 4 is 27.8 Å². The van der Waals surface area contributed by atoms with Crippen molar-refractivity contribution in [2.45, 2.75) is 27.2 Å². The van der Waals surface area contributed by atoms with E-state index in [0.29, 0.717) is 17.0 Å². The van der Waals surface area contributed by atoms with Gasteiger partial charge in [0, 0.05) is 35.4 Å². The number of fused-ring (bicyclic) bond motifs is 2. The van der Waals surface area contributed by atoms with Crippen LogP contribution >= 0.6 is 0 Å². The zero-order valence-corrected chi connectivity index (χ0v) is 21.4. The lowest BCUT2D eigenvalue weighted by Crippen LogP contribution is -2.10. The van der Waals surface area contributed by atoms with Crippen LogP contribution in [0.2, 0.25) is 0 Å². The lowest BCUT2D eigenvalue weighted by atomic mass is 9.91. The Morgan fingerprint density at radius 3 is 2.61 bits per heavy atom. The highest BCUT2D eigenvalue weighted by molar-refractivity contribution is 5.95. The van der Waals surface area contributed by atoms with E-state index in [-0.39, 0.29) is 5.41 Å². The first-order chi connectivity index (χ1) is 18.3. The van der Waals surface area contributed by atoms with Gasteiger partial charge in [0.1, 0.15) is 11.0 Å². The molecular weight excluding hydrogens is 474 g/mol. The Bertz CT molecular complexity index is 1780. The van der Waals surface area contributed by atoms with Crippen LogP contribution in [-0.2, 0) is 0 Å². The van der Waals surface area contributed by atoms with Gasteiger partial charge in [0.15, 0.2) is 11.5 Å². The van der Waals surface area contributed by atoms with Gasteiger partial charge in [0.2, 0.25) is 0 Å². The Hall–Kier alpha value is -4.92. The van der Waals surface area contributed by atoms with Crippen LogP contribution in [0.3, 0.4) is 0 Å². The zero-order chi connectivity index (χ0) is 26.3. The number of anilines is 1. The highest BCUT2D eigenvalue weighted by atomic mass is 15.2. The third-order valence-corrected chi connectivity index (χ3v) is 6.07. The first kappa shape index (κ1) is 23.5. The van der Waals surface area contributed by atoms with Crippen LogP contribution in [0.1, 0.15) is 27.2 Å². The molecule has 0 aliphatic carbocycles. The average Bonchev–Trinajstić information content (AvgIpc) is 3.51. The van der Waals surface area contributed by atoms with E-state index in [0.717, 1.165) is 56.9 Å². The van der Waals surface area contributed by atoms with Gasteiger partial charge in [-0.15, -0.1) is 0 Å². The van der Waals surface area contributed by atoms with Crippen molar-refractivity contribution in [2.24, 2.45) is 5.41 Å². The normalized spacial score (nSPS) is 11.8. The average molecular weight is 502 g/mol. The number of H-pyrrole nitrogens is 2. The summed E-state index contributed by atoms with van der Waals surface area (Å²) in [6.07, 6.45) is 9.74. The number of hydrogen-bond acceptors (Lipinski definition) is 7. The highest BCUT2D eigenvalue weighted by Gasteiger charge is 2.18. The molecule has 9 heteroatoms. The van der Waals surface area contributed by atoms with Crippen LogP contribution in [0.4, 0.5) is 5.69 Å². The monoisotopic (exact) mass is 501 g/mol. The van der Waals surface area contributed by atoms with Gasteiger partial charge in [-0.2, -0.15) is 5.10 Å². The highest BCUT2D eigenvalue weighted by Crippen LogP contribution is 2.31. The largest absolute Gasteiger partial charge is 0.358 e. The maximum Gasteiger partial charge on any atom is 0.161 e. The minimum atomic E-state index is 0.143. The van der Waals surface area contributed by atoms with Crippen molar-refractivity contribution < 1.29 is 0 Å². The Morgan fingerprint density at radius 2 is 1.79 bits per heavy atom. The van der Waals surface area contributed by atoms with E-state index in [1.807, 2.05) is 36.4 Å². The topological polar surface area (TPSA) is 121 Å². The molecule has 0 radical (unpaired) electrons. The van der Waals surface area contributed by atoms with Gasteiger partial charge < -0.3 is 10.3 Å². The van der Waals surface area contributed by atoms with E-state index in [4.69, 9.17) is 9.97 Å². The zero-order valence-electron chi connectivity index (χ0n) is 21.4. The van der Waals surface area contributed by atoms with Gasteiger partial charge >= 0.3 is 0 Å². The van der Waals surface area contributed by atoms with Crippen LogP contribution in [0.15, 0.2) is 79.7 Å². The van der Waals surface area contributed by atoms with Gasteiger partial charge in [-0.05, 0) is 42.2 Å². The second-order valence-electron chi connectivity index (χ2n) is 10.5. The minimum absolute atomic E-state index is 0.143. The van der Waals surface area contributed by atoms with Gasteiger partial charge in [-0.3, -0.25) is 20.1 Å². The summed E-state index contributed by atoms with van der Waals surface area (Å²) in [6.45, 7) is 10.7. The molecule has 6 aromatic heterocycles. The summed E-state index contributed by atoms with van der Waals surface area (Å²) >= 11 is 0. The molecule has 9 nitrogen and oxygen atoms in total. The van der Waals surface area contributed by atoms with Crippen molar-refractivity contribution in [3.05, 3.63) is 79.7 Å². The Kier molecular flexibility index (Phi) is 5.68. The van der Waals surface area contributed by atoms with E-state index in [9.17, 15) is 0 Å². The van der Waals surface area contributed by atoms with Crippen molar-refractivity contribution in [1.29, 1.82) is 0 Å². The molecular formula is C29H27N9. The predicted molar refractivity (Wildman–Crippen MR) is 150 cm³/mol. The molecule has 0 bridgehead atoms. The minimum Gasteiger partial charge on any atom is -0.358 e. The molecule has 0 atom stereocenters. The summed E-state index contributed by atoms with van der Waals surface area (Å²) in [5.74, 6) is 0.605. The first-order valence-electron chi connectivity index (χ1n) is 12.3. The van der Waals surface area contributed by atoms with Crippen LogP contribution < -0.4 is 5.32 Å². The molecule has 6 rings (SSSR count). The molecule has 0 saturated heterocycles. The fourth-order valence-electron chi connectivity index (χ4n) is 4.52. The molecule has 188 valence electrons. The van der Waals surface area contributed by atoms with Crippen molar-refractivity contribution in [1.82, 2.24) is 40.1 Å². The molecule has 0 fully saturated rings. The fourth-order valence-corrected chi connectivity index (χ4v) is 4.52. The number of aromatic nitrogens is 8. The molecule has 6 aromatic rings. The number of nitrogens with one attached hydrogen (secondary N) is 3. The van der Waals surface area contributed by atoms with E-state index >= 15 is 0 Å². The smallest absolute Gasteiger partial charge is 0.161 e. The van der Waals surface area contributed by atoms with Crippen LogP contribution in [0.25, 0.3) is 56.1 Å². The maximum absolute atomic E-state index is 4.94. The molecule has 38 heavy (non-hydrogen) atoms. The third kappa shape index (κ3) is 4.61.